The Morgan fingerprint density at radius 2 is 1.77 bits per heavy atom. The first-order valence-electron chi connectivity index (χ1n) is 7.94. The van der Waals surface area contributed by atoms with Crippen molar-refractivity contribution in [2.45, 2.75) is 13.0 Å². The molecule has 0 aliphatic rings. The third-order valence-electron chi connectivity index (χ3n) is 3.72. The van der Waals surface area contributed by atoms with E-state index in [-0.39, 0.29) is 6.04 Å². The van der Waals surface area contributed by atoms with Crippen LogP contribution in [0, 0.1) is 0 Å². The highest BCUT2D eigenvalue weighted by Gasteiger charge is 2.17. The fourth-order valence-electron chi connectivity index (χ4n) is 2.36. The summed E-state index contributed by atoms with van der Waals surface area (Å²) in [5.41, 5.74) is 1.80. The van der Waals surface area contributed by atoms with Crippen LogP contribution in [0.3, 0.4) is 0 Å². The number of hydrogen-bond donors (Lipinski definition) is 1. The number of rotatable bonds is 5. The van der Waals surface area contributed by atoms with Gasteiger partial charge in [0.15, 0.2) is 11.6 Å². The van der Waals surface area contributed by atoms with Gasteiger partial charge >= 0.3 is 0 Å². The van der Waals surface area contributed by atoms with E-state index in [1.165, 1.54) is 11.5 Å². The molecule has 0 radical (unpaired) electrons. The smallest absolute Gasteiger partial charge is 0.257 e. The second kappa shape index (κ2) is 7.23. The highest BCUT2D eigenvalue weighted by atomic mass is 35.5. The molecule has 8 heteroatoms. The Balaban J connectivity index is 1.48. The van der Waals surface area contributed by atoms with Gasteiger partial charge in [0.1, 0.15) is 0 Å². The van der Waals surface area contributed by atoms with Crippen molar-refractivity contribution >= 4 is 28.3 Å². The SMILES string of the molecule is CC(Nc1nc(-c2ccccc2)ns1)c1noc(-c2ccc(Cl)cc2)n1. The topological polar surface area (TPSA) is 76.7 Å². The maximum atomic E-state index is 5.90. The Morgan fingerprint density at radius 3 is 2.54 bits per heavy atom. The van der Waals surface area contributed by atoms with Crippen LogP contribution in [0.2, 0.25) is 5.02 Å². The molecule has 1 atom stereocenters. The van der Waals surface area contributed by atoms with Gasteiger partial charge in [-0.3, -0.25) is 0 Å². The summed E-state index contributed by atoms with van der Waals surface area (Å²) >= 11 is 7.20. The summed E-state index contributed by atoms with van der Waals surface area (Å²) in [6.45, 7) is 1.94. The van der Waals surface area contributed by atoms with Crippen molar-refractivity contribution in [3.05, 3.63) is 65.4 Å². The van der Waals surface area contributed by atoms with Crippen molar-refractivity contribution in [2.75, 3.05) is 5.32 Å². The molecule has 0 fully saturated rings. The Hall–Kier alpha value is -2.77. The molecule has 6 nitrogen and oxygen atoms in total. The van der Waals surface area contributed by atoms with Crippen LogP contribution in [0.1, 0.15) is 18.8 Å². The molecule has 0 aliphatic carbocycles. The normalized spacial score (nSPS) is 12.1. The molecule has 2 aromatic carbocycles. The van der Waals surface area contributed by atoms with Crippen molar-refractivity contribution in [2.24, 2.45) is 0 Å². The summed E-state index contributed by atoms with van der Waals surface area (Å²) in [4.78, 5) is 8.96. The van der Waals surface area contributed by atoms with Gasteiger partial charge in [-0.1, -0.05) is 47.1 Å². The lowest BCUT2D eigenvalue weighted by atomic mass is 10.2. The molecule has 2 heterocycles. The minimum atomic E-state index is -0.170. The first-order valence-corrected chi connectivity index (χ1v) is 9.09. The molecule has 1 unspecified atom stereocenters. The number of hydrogen-bond acceptors (Lipinski definition) is 7. The average Bonchev–Trinajstić information content (AvgIpc) is 3.33. The van der Waals surface area contributed by atoms with E-state index in [9.17, 15) is 0 Å². The lowest BCUT2D eigenvalue weighted by Crippen LogP contribution is -2.08. The molecular formula is C18H14ClN5OS. The van der Waals surface area contributed by atoms with E-state index in [2.05, 4.69) is 24.8 Å². The van der Waals surface area contributed by atoms with E-state index in [0.717, 1.165) is 11.1 Å². The molecule has 0 aliphatic heterocycles. The van der Waals surface area contributed by atoms with Gasteiger partial charge in [0.25, 0.3) is 5.89 Å². The quantitative estimate of drug-likeness (QED) is 0.517. The van der Waals surface area contributed by atoms with Gasteiger partial charge in [-0.05, 0) is 31.2 Å². The molecule has 0 spiro atoms. The minimum Gasteiger partial charge on any atom is -0.350 e. The maximum absolute atomic E-state index is 5.90. The molecule has 0 bridgehead atoms. The van der Waals surface area contributed by atoms with Crippen LogP contribution in [0.15, 0.2) is 59.1 Å². The number of aromatic nitrogens is 4. The number of halogens is 1. The van der Waals surface area contributed by atoms with Crippen LogP contribution in [0.4, 0.5) is 5.13 Å². The van der Waals surface area contributed by atoms with Crippen LogP contribution >= 0.6 is 23.1 Å². The zero-order valence-corrected chi connectivity index (χ0v) is 15.3. The molecule has 0 saturated carbocycles. The predicted octanol–water partition coefficient (Wildman–Crippen LogP) is 5.08. The summed E-state index contributed by atoms with van der Waals surface area (Å²) < 4.78 is 9.73. The second-order valence-corrected chi connectivity index (χ2v) is 6.81. The maximum Gasteiger partial charge on any atom is 0.257 e. The fourth-order valence-corrected chi connectivity index (χ4v) is 3.16. The van der Waals surface area contributed by atoms with Crippen LogP contribution in [-0.4, -0.2) is 19.5 Å². The van der Waals surface area contributed by atoms with Crippen molar-refractivity contribution in [3.63, 3.8) is 0 Å². The van der Waals surface area contributed by atoms with E-state index in [1.54, 1.807) is 12.1 Å². The Labute approximate surface area is 159 Å². The van der Waals surface area contributed by atoms with Crippen LogP contribution in [0.5, 0.6) is 0 Å². The first kappa shape index (κ1) is 16.7. The summed E-state index contributed by atoms with van der Waals surface area (Å²) in [5, 5.41) is 8.68. The molecule has 1 N–H and O–H groups in total. The molecule has 130 valence electrons. The van der Waals surface area contributed by atoms with Gasteiger partial charge in [-0.2, -0.15) is 14.3 Å². The Kier molecular flexibility index (Phi) is 4.64. The molecule has 4 rings (SSSR count). The number of nitrogens with zero attached hydrogens (tertiary/aromatic N) is 4. The summed E-state index contributed by atoms with van der Waals surface area (Å²) in [6, 6.07) is 16.9. The monoisotopic (exact) mass is 383 g/mol. The molecule has 4 aromatic rings. The Bertz CT molecular complexity index is 1000. The van der Waals surface area contributed by atoms with Gasteiger partial charge in [0, 0.05) is 27.7 Å². The molecular weight excluding hydrogens is 370 g/mol. The van der Waals surface area contributed by atoms with Crippen LogP contribution in [-0.2, 0) is 0 Å². The lowest BCUT2D eigenvalue weighted by Gasteiger charge is -2.06. The fraction of sp³-hybridized carbons (Fsp3) is 0.111. The van der Waals surface area contributed by atoms with Crippen molar-refractivity contribution < 1.29 is 4.52 Å². The molecule has 26 heavy (non-hydrogen) atoms. The van der Waals surface area contributed by atoms with Gasteiger partial charge in [-0.25, -0.2) is 0 Å². The third-order valence-corrected chi connectivity index (χ3v) is 4.62. The number of nitrogens with one attached hydrogen (secondary N) is 1. The highest BCUT2D eigenvalue weighted by molar-refractivity contribution is 7.09. The van der Waals surface area contributed by atoms with Gasteiger partial charge in [0.05, 0.1) is 6.04 Å². The van der Waals surface area contributed by atoms with Crippen LogP contribution in [0.25, 0.3) is 22.8 Å². The second-order valence-electron chi connectivity index (χ2n) is 5.62. The summed E-state index contributed by atoms with van der Waals surface area (Å²) in [7, 11) is 0. The van der Waals surface area contributed by atoms with Gasteiger partial charge in [0.2, 0.25) is 5.13 Å². The van der Waals surface area contributed by atoms with E-state index >= 15 is 0 Å². The molecule has 0 amide bonds. The van der Waals surface area contributed by atoms with Gasteiger partial charge < -0.3 is 9.84 Å². The van der Waals surface area contributed by atoms with Gasteiger partial charge in [-0.15, -0.1) is 0 Å². The van der Waals surface area contributed by atoms with E-state index in [1.807, 2.05) is 49.4 Å². The Morgan fingerprint density at radius 1 is 1.00 bits per heavy atom. The average molecular weight is 384 g/mol. The minimum absolute atomic E-state index is 0.170. The molecule has 2 aromatic heterocycles. The lowest BCUT2D eigenvalue weighted by molar-refractivity contribution is 0.420. The first-order chi connectivity index (χ1) is 12.7. The van der Waals surface area contributed by atoms with E-state index in [0.29, 0.717) is 27.7 Å². The summed E-state index contributed by atoms with van der Waals surface area (Å²) in [5.74, 6) is 1.69. The molecule has 0 saturated heterocycles. The summed E-state index contributed by atoms with van der Waals surface area (Å²) in [6.07, 6.45) is 0. The van der Waals surface area contributed by atoms with Crippen molar-refractivity contribution in [3.8, 4) is 22.8 Å². The zero-order valence-electron chi connectivity index (χ0n) is 13.8. The van der Waals surface area contributed by atoms with Crippen molar-refractivity contribution in [1.29, 1.82) is 0 Å². The number of benzene rings is 2. The third kappa shape index (κ3) is 3.58. The van der Waals surface area contributed by atoms with Crippen LogP contribution < -0.4 is 5.32 Å². The zero-order chi connectivity index (χ0) is 17.9. The predicted molar refractivity (Wildman–Crippen MR) is 102 cm³/mol. The number of anilines is 1. The van der Waals surface area contributed by atoms with E-state index in [4.69, 9.17) is 16.1 Å². The van der Waals surface area contributed by atoms with E-state index < -0.39 is 0 Å². The largest absolute Gasteiger partial charge is 0.350 e. The standard InChI is InChI=1S/C18H14ClN5OS/c1-11(15-21-17(25-23-15)13-7-9-14(19)10-8-13)20-18-22-16(24-26-18)12-5-3-2-4-6-12/h2-11H,1H3,(H,20,22,24). The highest BCUT2D eigenvalue weighted by Crippen LogP contribution is 2.25. The van der Waals surface area contributed by atoms with Crippen molar-refractivity contribution in [1.82, 2.24) is 19.5 Å².